The molecule has 1 unspecified atom stereocenters. The summed E-state index contributed by atoms with van der Waals surface area (Å²) in [5, 5.41) is 8.85. The molecule has 0 aromatic carbocycles. The first-order valence-corrected chi connectivity index (χ1v) is 2.64. The van der Waals surface area contributed by atoms with E-state index in [9.17, 15) is 0 Å². The molecule has 1 N–H and O–H groups in total. The summed E-state index contributed by atoms with van der Waals surface area (Å²) in [4.78, 5) is 8.66. The normalized spacial score (nSPS) is 13.7. The van der Waals surface area contributed by atoms with Crippen molar-refractivity contribution < 1.29 is 19.6 Å². The summed E-state index contributed by atoms with van der Waals surface area (Å²) >= 11 is 0. The molecule has 4 heteroatoms. The number of rotatable bonds is 5. The lowest BCUT2D eigenvalue weighted by molar-refractivity contribution is -0.286. The molecule has 0 fully saturated rings. The quantitative estimate of drug-likeness (QED) is 0.411. The predicted molar refractivity (Wildman–Crippen MR) is 30.8 cm³/mol. The average Bonchev–Trinajstić information content (AvgIpc) is 1.85. The van der Waals surface area contributed by atoms with Gasteiger partial charge in [-0.25, -0.2) is 9.78 Å². The van der Waals surface area contributed by atoms with Gasteiger partial charge < -0.3 is 9.84 Å². The Bertz CT molecular complexity index is 56.9. The average molecular weight is 136 g/mol. The van der Waals surface area contributed by atoms with Crippen LogP contribution in [0.2, 0.25) is 0 Å². The van der Waals surface area contributed by atoms with Crippen LogP contribution in [0.1, 0.15) is 0 Å². The second kappa shape index (κ2) is 5.97. The van der Waals surface area contributed by atoms with E-state index < -0.39 is 6.10 Å². The smallest absolute Gasteiger partial charge is 0.110 e. The van der Waals surface area contributed by atoms with E-state index in [0.717, 1.165) is 0 Å². The van der Waals surface area contributed by atoms with Crippen molar-refractivity contribution in [3.05, 3.63) is 0 Å². The monoisotopic (exact) mass is 136 g/mol. The summed E-state index contributed by atoms with van der Waals surface area (Å²) in [6.45, 7) is 0.410. The molecule has 0 saturated heterocycles. The van der Waals surface area contributed by atoms with Crippen molar-refractivity contribution in [2.24, 2.45) is 0 Å². The van der Waals surface area contributed by atoms with Crippen molar-refractivity contribution in [2.45, 2.75) is 6.10 Å². The van der Waals surface area contributed by atoms with Gasteiger partial charge in [0.1, 0.15) is 12.7 Å². The molecule has 56 valence electrons. The summed E-state index contributed by atoms with van der Waals surface area (Å²) in [5.41, 5.74) is 0. The Labute approximate surface area is 54.3 Å². The maximum absolute atomic E-state index is 8.85. The van der Waals surface area contributed by atoms with Crippen LogP contribution in [0.5, 0.6) is 0 Å². The fourth-order valence-corrected chi connectivity index (χ4v) is 0.387. The molecular weight excluding hydrogens is 124 g/mol. The number of aliphatic hydroxyl groups is 1. The number of hydrogen-bond donors (Lipinski definition) is 1. The van der Waals surface area contributed by atoms with Gasteiger partial charge in [0.15, 0.2) is 0 Å². The number of hydrogen-bond acceptors (Lipinski definition) is 4. The van der Waals surface area contributed by atoms with Crippen LogP contribution >= 0.6 is 0 Å². The summed E-state index contributed by atoms with van der Waals surface area (Å²) in [6.07, 6.45) is -0.602. The summed E-state index contributed by atoms with van der Waals surface area (Å²) in [6, 6.07) is 0. The Morgan fingerprint density at radius 2 is 2.00 bits per heavy atom. The van der Waals surface area contributed by atoms with Gasteiger partial charge in [0, 0.05) is 7.11 Å². The maximum Gasteiger partial charge on any atom is 0.110 e. The van der Waals surface area contributed by atoms with Crippen LogP contribution in [-0.2, 0) is 14.5 Å². The highest BCUT2D eigenvalue weighted by atomic mass is 17.2. The first kappa shape index (κ1) is 8.84. The Hall–Kier alpha value is -0.160. The highest BCUT2D eigenvalue weighted by Crippen LogP contribution is 1.84. The third kappa shape index (κ3) is 5.72. The van der Waals surface area contributed by atoms with E-state index in [-0.39, 0.29) is 13.2 Å². The third-order valence-corrected chi connectivity index (χ3v) is 0.737. The molecule has 9 heavy (non-hydrogen) atoms. The number of aliphatic hydroxyl groups excluding tert-OH is 1. The van der Waals surface area contributed by atoms with Crippen LogP contribution in [0.15, 0.2) is 0 Å². The molecule has 0 rings (SSSR count). The highest BCUT2D eigenvalue weighted by molar-refractivity contribution is 4.47. The van der Waals surface area contributed by atoms with Crippen LogP contribution in [-0.4, -0.2) is 38.6 Å². The second-order valence-corrected chi connectivity index (χ2v) is 1.56. The fourth-order valence-electron chi connectivity index (χ4n) is 0.387. The lowest BCUT2D eigenvalue weighted by Gasteiger charge is -2.06. The van der Waals surface area contributed by atoms with Crippen LogP contribution in [0.25, 0.3) is 0 Å². The molecule has 0 aromatic heterocycles. The van der Waals surface area contributed by atoms with Gasteiger partial charge >= 0.3 is 0 Å². The predicted octanol–water partition coefficient (Wildman–Crippen LogP) is -0.428. The van der Waals surface area contributed by atoms with Crippen molar-refractivity contribution in [1.29, 1.82) is 0 Å². The van der Waals surface area contributed by atoms with Crippen LogP contribution in [0.4, 0.5) is 0 Å². The minimum absolute atomic E-state index is 0.143. The van der Waals surface area contributed by atoms with Gasteiger partial charge in [0.05, 0.1) is 13.7 Å². The number of ether oxygens (including phenoxy) is 1. The Morgan fingerprint density at radius 1 is 1.33 bits per heavy atom. The zero-order chi connectivity index (χ0) is 7.11. The third-order valence-electron chi connectivity index (χ3n) is 0.737. The minimum Gasteiger partial charge on any atom is -0.388 e. The van der Waals surface area contributed by atoms with Gasteiger partial charge in [-0.1, -0.05) is 0 Å². The van der Waals surface area contributed by atoms with Crippen LogP contribution < -0.4 is 0 Å². The highest BCUT2D eigenvalue weighted by Gasteiger charge is 2.01. The van der Waals surface area contributed by atoms with Crippen molar-refractivity contribution in [3.8, 4) is 0 Å². The Morgan fingerprint density at radius 3 is 2.44 bits per heavy atom. The van der Waals surface area contributed by atoms with Gasteiger partial charge in [-0.2, -0.15) is 0 Å². The second-order valence-electron chi connectivity index (χ2n) is 1.56. The zero-order valence-corrected chi connectivity index (χ0v) is 5.66. The van der Waals surface area contributed by atoms with Gasteiger partial charge in [-0.05, 0) is 0 Å². The molecular formula is C5H12O4. The molecule has 0 bridgehead atoms. The van der Waals surface area contributed by atoms with Crippen molar-refractivity contribution in [3.63, 3.8) is 0 Å². The summed E-state index contributed by atoms with van der Waals surface area (Å²) < 4.78 is 4.62. The van der Waals surface area contributed by atoms with Crippen molar-refractivity contribution >= 4 is 0 Å². The molecule has 0 amide bonds. The summed E-state index contributed by atoms with van der Waals surface area (Å²) in [5.74, 6) is 0. The molecule has 1 atom stereocenters. The first-order valence-electron chi connectivity index (χ1n) is 2.64. The molecule has 0 heterocycles. The van der Waals surface area contributed by atoms with Crippen LogP contribution in [0, 0.1) is 0 Å². The maximum atomic E-state index is 8.85. The van der Waals surface area contributed by atoms with Gasteiger partial charge in [0.2, 0.25) is 0 Å². The lowest BCUT2D eigenvalue weighted by Crippen LogP contribution is -2.20. The molecule has 0 aliphatic rings. The van der Waals surface area contributed by atoms with E-state index in [1.54, 1.807) is 0 Å². The molecule has 0 aliphatic carbocycles. The fraction of sp³-hybridized carbons (Fsp3) is 1.00. The molecule has 0 spiro atoms. The van der Waals surface area contributed by atoms with Crippen molar-refractivity contribution in [2.75, 3.05) is 27.4 Å². The first-order chi connectivity index (χ1) is 4.31. The van der Waals surface area contributed by atoms with Gasteiger partial charge in [-0.3, -0.25) is 0 Å². The van der Waals surface area contributed by atoms with E-state index >= 15 is 0 Å². The van der Waals surface area contributed by atoms with E-state index in [1.807, 2.05) is 0 Å². The lowest BCUT2D eigenvalue weighted by atomic mass is 10.4. The topological polar surface area (TPSA) is 47.9 Å². The van der Waals surface area contributed by atoms with Gasteiger partial charge in [-0.15, -0.1) is 0 Å². The van der Waals surface area contributed by atoms with E-state index in [1.165, 1.54) is 14.2 Å². The van der Waals surface area contributed by atoms with Gasteiger partial charge in [0.25, 0.3) is 0 Å². The summed E-state index contributed by atoms with van der Waals surface area (Å²) in [7, 11) is 2.90. The molecule has 0 aromatic rings. The number of methoxy groups -OCH3 is 1. The van der Waals surface area contributed by atoms with Crippen molar-refractivity contribution in [1.82, 2.24) is 0 Å². The minimum atomic E-state index is -0.602. The molecule has 0 radical (unpaired) electrons. The SMILES string of the molecule is COCC(O)COOC. The Balaban J connectivity index is 2.95. The Kier molecular flexibility index (Phi) is 5.86. The standard InChI is InChI=1S/C5H12O4/c1-7-3-5(6)4-9-8-2/h5-6H,3-4H2,1-2H3. The van der Waals surface area contributed by atoms with Crippen LogP contribution in [0.3, 0.4) is 0 Å². The van der Waals surface area contributed by atoms with E-state index in [0.29, 0.717) is 0 Å². The molecule has 0 aliphatic heterocycles. The van der Waals surface area contributed by atoms with E-state index in [4.69, 9.17) is 5.11 Å². The molecule has 4 nitrogen and oxygen atoms in total. The largest absolute Gasteiger partial charge is 0.388 e. The van der Waals surface area contributed by atoms with E-state index in [2.05, 4.69) is 14.5 Å². The molecule has 0 saturated carbocycles. The zero-order valence-electron chi connectivity index (χ0n) is 5.66.